The Morgan fingerprint density at radius 3 is 1.22 bits per heavy atom. The highest BCUT2D eigenvalue weighted by atomic mass is 16.5. The van der Waals surface area contributed by atoms with Gasteiger partial charge in [-0.15, -0.1) is 10.2 Å². The number of hydrazone groups is 2. The molecule has 0 radical (unpaired) electrons. The Hall–Kier alpha value is -4.06. The molecule has 0 saturated carbocycles. The normalized spacial score (nSPS) is 18.5. The third-order valence-electron chi connectivity index (χ3n) is 6.33. The fraction of sp³-hybridized carbons (Fsp3) is 0.267. The lowest BCUT2D eigenvalue weighted by atomic mass is 9.87. The zero-order chi connectivity index (χ0) is 25.5. The number of hydrogen-bond acceptors (Lipinski definition) is 6. The molecule has 6 nitrogen and oxygen atoms in total. The number of ether oxygens (including phenoxy) is 2. The maximum atomic E-state index is 6.14. The molecule has 2 aliphatic rings. The largest absolute Gasteiger partial charge is 0.418 e. The number of nitrogens with one attached hydrogen (secondary N) is 2. The molecule has 184 valence electrons. The minimum Gasteiger partial charge on any atom is -0.418 e. The fourth-order valence-electron chi connectivity index (χ4n) is 4.07. The van der Waals surface area contributed by atoms with Gasteiger partial charge in [-0.25, -0.2) is 10.9 Å². The van der Waals surface area contributed by atoms with Crippen molar-refractivity contribution in [1.82, 2.24) is 10.9 Å². The quantitative estimate of drug-likeness (QED) is 0.572. The summed E-state index contributed by atoms with van der Waals surface area (Å²) in [5.74, 6) is 2.14. The van der Waals surface area contributed by atoms with E-state index in [0.29, 0.717) is 23.6 Å². The second-order valence-corrected chi connectivity index (χ2v) is 11.1. The molecular formula is C30H32N4O2. The first-order chi connectivity index (χ1) is 17.1. The molecule has 0 amide bonds. The Labute approximate surface area is 212 Å². The molecule has 0 bridgehead atoms. The predicted molar refractivity (Wildman–Crippen MR) is 144 cm³/mol. The van der Waals surface area contributed by atoms with Crippen molar-refractivity contribution < 1.29 is 9.47 Å². The van der Waals surface area contributed by atoms with Crippen LogP contribution in [0.4, 0.5) is 0 Å². The molecule has 36 heavy (non-hydrogen) atoms. The van der Waals surface area contributed by atoms with E-state index in [1.54, 1.807) is 0 Å². The molecule has 0 aromatic heterocycles. The van der Waals surface area contributed by atoms with Crippen LogP contribution >= 0.6 is 0 Å². The summed E-state index contributed by atoms with van der Waals surface area (Å²) < 4.78 is 12.3. The number of nitrogens with zero attached hydrogens (tertiary/aromatic N) is 2. The van der Waals surface area contributed by atoms with Crippen LogP contribution in [0.5, 0.6) is 0 Å². The Bertz CT molecular complexity index is 1360. The van der Waals surface area contributed by atoms with Crippen LogP contribution in [0.1, 0.15) is 63.8 Å². The molecule has 5 rings (SSSR count). The number of hydrogen-bond donors (Lipinski definition) is 2. The Balaban J connectivity index is 1.41. The lowest BCUT2D eigenvalue weighted by Crippen LogP contribution is -2.34. The molecule has 6 heteroatoms. The van der Waals surface area contributed by atoms with E-state index in [4.69, 9.17) is 9.47 Å². The van der Waals surface area contributed by atoms with E-state index in [-0.39, 0.29) is 10.8 Å². The molecule has 2 N–H and O–H groups in total. The summed E-state index contributed by atoms with van der Waals surface area (Å²) in [5, 5.41) is 10.5. The molecule has 3 aromatic rings. The van der Waals surface area contributed by atoms with E-state index in [1.807, 2.05) is 48.5 Å². The van der Waals surface area contributed by atoms with Crippen molar-refractivity contribution in [3.05, 3.63) is 105 Å². The summed E-state index contributed by atoms with van der Waals surface area (Å²) in [4.78, 5) is 0. The van der Waals surface area contributed by atoms with Gasteiger partial charge in [0, 0.05) is 21.6 Å². The second kappa shape index (κ2) is 8.86. The highest BCUT2D eigenvalue weighted by Crippen LogP contribution is 2.24. The Kier molecular flexibility index (Phi) is 5.83. The number of rotatable bonds is 2. The fourth-order valence-corrected chi connectivity index (χ4v) is 4.07. The van der Waals surface area contributed by atoms with E-state index in [1.165, 1.54) is 11.1 Å². The van der Waals surface area contributed by atoms with Crippen LogP contribution in [0, 0.1) is 0 Å². The minimum atomic E-state index is 0.0897. The van der Waals surface area contributed by atoms with Crippen LogP contribution in [0.15, 0.2) is 83.0 Å². The van der Waals surface area contributed by atoms with Crippen molar-refractivity contribution in [2.24, 2.45) is 10.2 Å². The van der Waals surface area contributed by atoms with Crippen LogP contribution in [0.2, 0.25) is 0 Å². The first-order valence-electron chi connectivity index (χ1n) is 12.2. The smallest absolute Gasteiger partial charge is 0.245 e. The average Bonchev–Trinajstić information content (AvgIpc) is 3.54. The van der Waals surface area contributed by atoms with Crippen LogP contribution in [0.3, 0.4) is 0 Å². The van der Waals surface area contributed by atoms with Gasteiger partial charge in [0.1, 0.15) is 0 Å². The van der Waals surface area contributed by atoms with E-state index in [2.05, 4.69) is 86.9 Å². The number of benzene rings is 3. The summed E-state index contributed by atoms with van der Waals surface area (Å²) in [7, 11) is 0. The van der Waals surface area contributed by atoms with Gasteiger partial charge in [-0.3, -0.25) is 0 Å². The van der Waals surface area contributed by atoms with Crippen LogP contribution < -0.4 is 21.3 Å². The van der Waals surface area contributed by atoms with Crippen LogP contribution in [0.25, 0.3) is 11.8 Å². The van der Waals surface area contributed by atoms with Gasteiger partial charge < -0.3 is 9.47 Å². The highest BCUT2D eigenvalue weighted by Gasteiger charge is 2.21. The van der Waals surface area contributed by atoms with Gasteiger partial charge in [-0.1, -0.05) is 77.9 Å². The van der Waals surface area contributed by atoms with E-state index in [9.17, 15) is 0 Å². The molecule has 2 heterocycles. The maximum absolute atomic E-state index is 6.14. The van der Waals surface area contributed by atoms with Crippen molar-refractivity contribution in [2.45, 2.75) is 52.4 Å². The highest BCUT2D eigenvalue weighted by molar-refractivity contribution is 5.98. The second-order valence-electron chi connectivity index (χ2n) is 11.1. The van der Waals surface area contributed by atoms with Crippen molar-refractivity contribution in [3.8, 4) is 0 Å². The molecule has 3 aromatic carbocycles. The molecular weight excluding hydrogens is 448 g/mol. The standard InChI is InChI=1S/C30H32N4O2/c1-29(2,3)21-15-11-19(12-16-21)25-31-33-27(35-25)23-9-7-8-10-24(23)28-34-32-26(36-28)20-13-17-22(18-14-20)30(4,5)6/h7-18,33-34H,1-6H3. The molecule has 0 aliphatic carbocycles. The molecule has 0 saturated heterocycles. The van der Waals surface area contributed by atoms with Gasteiger partial charge in [0.2, 0.25) is 23.6 Å². The van der Waals surface area contributed by atoms with E-state index < -0.39 is 0 Å². The minimum absolute atomic E-state index is 0.0897. The van der Waals surface area contributed by atoms with Crippen LogP contribution in [-0.2, 0) is 20.3 Å². The molecule has 2 aliphatic heterocycles. The first-order valence-corrected chi connectivity index (χ1v) is 12.2. The first kappa shape index (κ1) is 23.7. The summed E-state index contributed by atoms with van der Waals surface area (Å²) in [6.07, 6.45) is 0. The van der Waals surface area contributed by atoms with Crippen molar-refractivity contribution in [3.63, 3.8) is 0 Å². The lowest BCUT2D eigenvalue weighted by molar-refractivity contribution is 0.495. The zero-order valence-corrected chi connectivity index (χ0v) is 21.6. The van der Waals surface area contributed by atoms with Gasteiger partial charge in [0.05, 0.1) is 0 Å². The van der Waals surface area contributed by atoms with Gasteiger partial charge in [-0.2, -0.15) is 0 Å². The lowest BCUT2D eigenvalue weighted by Gasteiger charge is -2.19. The summed E-state index contributed by atoms with van der Waals surface area (Å²) in [6.45, 7) is 13.2. The monoisotopic (exact) mass is 480 g/mol. The predicted octanol–water partition coefficient (Wildman–Crippen LogP) is 4.38. The van der Waals surface area contributed by atoms with Crippen molar-refractivity contribution >= 4 is 23.6 Å². The molecule has 0 atom stereocenters. The maximum Gasteiger partial charge on any atom is 0.245 e. The van der Waals surface area contributed by atoms with Gasteiger partial charge in [-0.05, 0) is 58.4 Å². The van der Waals surface area contributed by atoms with Gasteiger partial charge in [0.15, 0.2) is 0 Å². The average molecular weight is 481 g/mol. The third kappa shape index (κ3) is 4.71. The Morgan fingerprint density at radius 2 is 0.889 bits per heavy atom. The zero-order valence-electron chi connectivity index (χ0n) is 21.6. The van der Waals surface area contributed by atoms with Crippen molar-refractivity contribution in [1.29, 1.82) is 0 Å². The van der Waals surface area contributed by atoms with E-state index in [0.717, 1.165) is 21.6 Å². The van der Waals surface area contributed by atoms with Gasteiger partial charge in [0.25, 0.3) is 0 Å². The topological polar surface area (TPSA) is 67.2 Å². The van der Waals surface area contributed by atoms with Gasteiger partial charge >= 0.3 is 0 Å². The molecule has 0 spiro atoms. The third-order valence-corrected chi connectivity index (χ3v) is 6.33. The van der Waals surface area contributed by atoms with Crippen molar-refractivity contribution in [2.75, 3.05) is 0 Å². The summed E-state index contributed by atoms with van der Waals surface area (Å²) in [6, 6.07) is 24.5. The molecule has 0 unspecified atom stereocenters. The van der Waals surface area contributed by atoms with E-state index >= 15 is 0 Å². The van der Waals surface area contributed by atoms with Crippen LogP contribution in [-0.4, -0.2) is 11.8 Å². The Morgan fingerprint density at radius 1 is 0.528 bits per heavy atom. The summed E-state index contributed by atoms with van der Waals surface area (Å²) in [5.41, 5.74) is 10.6. The molecule has 0 fully saturated rings. The SMILES string of the molecule is CC(C)(C)c1ccc(C2=NNC(=c3ccccc3=C3NN=C(c4ccc(C(C)(C)C)cc4)O3)O2)cc1. The summed E-state index contributed by atoms with van der Waals surface area (Å²) >= 11 is 0.